The van der Waals surface area contributed by atoms with Gasteiger partial charge in [-0.25, -0.2) is 0 Å². The monoisotopic (exact) mass is 1130 g/mol. The molecule has 10 rings (SSSR count). The fourth-order valence-electron chi connectivity index (χ4n) is 11.8. The zero-order chi connectivity index (χ0) is 57.5. The lowest BCUT2D eigenvalue weighted by Crippen LogP contribution is -2.10. The number of thiophene rings is 4. The van der Waals surface area contributed by atoms with Crippen LogP contribution in [0.15, 0.2) is 97.1 Å². The molecular formula is C72H76O4S4. The molecular weight excluding hydrogens is 1060 g/mol. The number of ketones is 4. The van der Waals surface area contributed by atoms with E-state index in [0.717, 1.165) is 42.1 Å². The van der Waals surface area contributed by atoms with Crippen molar-refractivity contribution in [2.45, 2.75) is 159 Å². The number of carbonyl (C=O) groups is 4. The second kappa shape index (κ2) is 22.5. The molecule has 0 spiro atoms. The second-order valence-corrected chi connectivity index (χ2v) is 29.4. The van der Waals surface area contributed by atoms with Gasteiger partial charge in [-0.15, -0.1) is 45.3 Å². The minimum absolute atomic E-state index is 0.191. The van der Waals surface area contributed by atoms with Crippen LogP contribution in [0.4, 0.5) is 0 Å². The van der Waals surface area contributed by atoms with Gasteiger partial charge in [0.2, 0.25) is 0 Å². The highest BCUT2D eigenvalue weighted by Crippen LogP contribution is 2.45. The molecule has 0 atom stereocenters. The van der Waals surface area contributed by atoms with Gasteiger partial charge in [0.1, 0.15) is 0 Å². The zero-order valence-electron chi connectivity index (χ0n) is 49.5. The summed E-state index contributed by atoms with van der Waals surface area (Å²) in [5.74, 6) is 1.65. The van der Waals surface area contributed by atoms with Gasteiger partial charge in [-0.3, -0.25) is 19.2 Å². The lowest BCUT2D eigenvalue weighted by molar-refractivity contribution is 0.101. The van der Waals surface area contributed by atoms with Crippen LogP contribution in [0.1, 0.15) is 232 Å². The molecule has 8 heteroatoms. The van der Waals surface area contributed by atoms with E-state index in [4.69, 9.17) is 0 Å². The Balaban J connectivity index is 1.36. The SMILES string of the molecule is CC(C)Cc1ccc2c(c1)C(=O)/C(=c1\cc/c(=c3/cc(-c4c(C(C)C)cc(C(C)C)cc4C(C)C)/c(=c4\s/c(=c5\cc/c(=C6/C(=O)c7ccc(CC(C)C)cc7C6=O)s5)cc4-c4c(C(C)C)cc(C(C)C)cc4C(C)C)s3)s1)C2=O. The first-order valence-corrected chi connectivity index (χ1v) is 32.2. The molecule has 0 saturated heterocycles. The van der Waals surface area contributed by atoms with Crippen molar-refractivity contribution < 1.29 is 19.2 Å². The van der Waals surface area contributed by atoms with Gasteiger partial charge in [-0.05, 0) is 164 Å². The van der Waals surface area contributed by atoms with Crippen LogP contribution in [0.5, 0.6) is 0 Å². The van der Waals surface area contributed by atoms with Gasteiger partial charge in [0.15, 0.2) is 23.1 Å². The summed E-state index contributed by atoms with van der Waals surface area (Å²) < 4.78 is 7.89. The van der Waals surface area contributed by atoms with Crippen molar-refractivity contribution in [3.63, 3.8) is 0 Å². The third-order valence-electron chi connectivity index (χ3n) is 16.0. The van der Waals surface area contributed by atoms with Gasteiger partial charge in [-0.2, -0.15) is 0 Å². The molecule has 4 heterocycles. The van der Waals surface area contributed by atoms with Crippen molar-refractivity contribution in [2.24, 2.45) is 11.8 Å². The molecule has 0 N–H and O–H groups in total. The first kappa shape index (κ1) is 57.3. The van der Waals surface area contributed by atoms with Crippen LogP contribution in [-0.2, 0) is 12.8 Å². The van der Waals surface area contributed by atoms with E-state index in [0.29, 0.717) is 55.0 Å². The minimum Gasteiger partial charge on any atom is -0.288 e. The van der Waals surface area contributed by atoms with E-state index in [1.54, 1.807) is 22.7 Å². The summed E-state index contributed by atoms with van der Waals surface area (Å²) in [7, 11) is 0. The molecule has 0 aliphatic heterocycles. The molecule has 0 amide bonds. The Labute approximate surface area is 488 Å². The Bertz CT molecular complexity index is 3960. The molecule has 0 radical (unpaired) electrons. The van der Waals surface area contributed by atoms with Gasteiger partial charge in [0.05, 0.1) is 20.2 Å². The average Bonchev–Trinajstić information content (AvgIpc) is 4.38. The third kappa shape index (κ3) is 10.5. The van der Waals surface area contributed by atoms with Crippen LogP contribution in [0.2, 0.25) is 0 Å². The molecule has 2 aliphatic carbocycles. The number of hydrogen-bond acceptors (Lipinski definition) is 8. The number of hydrogen-bond donors (Lipinski definition) is 0. The van der Waals surface area contributed by atoms with Gasteiger partial charge < -0.3 is 0 Å². The Morgan fingerprint density at radius 1 is 0.300 bits per heavy atom. The molecule has 8 aromatic rings. The highest BCUT2D eigenvalue weighted by molar-refractivity contribution is 7.14. The second-order valence-electron chi connectivity index (χ2n) is 25.1. The van der Waals surface area contributed by atoms with E-state index in [1.165, 1.54) is 87.4 Å². The normalized spacial score (nSPS) is 16.5. The average molecular weight is 1130 g/mol. The Morgan fingerprint density at radius 2 is 0.613 bits per heavy atom. The van der Waals surface area contributed by atoms with Gasteiger partial charge >= 0.3 is 0 Å². The van der Waals surface area contributed by atoms with Crippen LogP contribution in [0, 0.1) is 39.0 Å². The summed E-state index contributed by atoms with van der Waals surface area (Å²) in [6.07, 6.45) is 1.68. The molecule has 0 fully saturated rings. The quantitative estimate of drug-likeness (QED) is 0.122. The predicted octanol–water partition coefficient (Wildman–Crippen LogP) is 18.7. The fraction of sp³-hybridized carbons (Fsp3) is 0.361. The molecule has 412 valence electrons. The number of rotatable bonds is 12. The molecule has 0 unspecified atom stereocenters. The van der Waals surface area contributed by atoms with Crippen molar-refractivity contribution >= 4 is 79.6 Å². The van der Waals surface area contributed by atoms with Crippen LogP contribution < -0.4 is 9.06 Å². The summed E-state index contributed by atoms with van der Waals surface area (Å²) in [6, 6.07) is 34.3. The number of fused-ring (bicyclic) bond motifs is 2. The van der Waals surface area contributed by atoms with Crippen molar-refractivity contribution in [3.8, 4) is 22.3 Å². The lowest BCUT2D eigenvalue weighted by Gasteiger charge is -2.23. The van der Waals surface area contributed by atoms with E-state index in [9.17, 15) is 19.2 Å². The molecule has 80 heavy (non-hydrogen) atoms. The molecule has 0 saturated carbocycles. The van der Waals surface area contributed by atoms with Gasteiger partial charge in [0, 0.05) is 60.6 Å². The summed E-state index contributed by atoms with van der Waals surface area (Å²) in [6.45, 7) is 36.3. The largest absolute Gasteiger partial charge is 0.288 e. The maximum absolute atomic E-state index is 14.3. The minimum atomic E-state index is -0.200. The number of benzene rings is 4. The van der Waals surface area contributed by atoms with Crippen LogP contribution in [-0.4, -0.2) is 23.1 Å². The maximum atomic E-state index is 14.3. The first-order chi connectivity index (χ1) is 37.9. The van der Waals surface area contributed by atoms with Crippen molar-refractivity contribution in [1.29, 1.82) is 0 Å². The summed E-state index contributed by atoms with van der Waals surface area (Å²) in [4.78, 5) is 57.1. The Morgan fingerprint density at radius 3 is 0.912 bits per heavy atom. The van der Waals surface area contributed by atoms with E-state index in [-0.39, 0.29) is 58.0 Å². The highest BCUT2D eigenvalue weighted by Gasteiger charge is 2.36. The molecule has 4 aromatic carbocycles. The predicted molar refractivity (Wildman–Crippen MR) is 339 cm³/mol. The van der Waals surface area contributed by atoms with Gasteiger partial charge in [0.25, 0.3) is 0 Å². The van der Waals surface area contributed by atoms with E-state index in [1.807, 2.05) is 48.5 Å². The zero-order valence-corrected chi connectivity index (χ0v) is 52.8. The van der Waals surface area contributed by atoms with Crippen molar-refractivity contribution in [2.75, 3.05) is 0 Å². The molecule has 4 aromatic heterocycles. The van der Waals surface area contributed by atoms with E-state index < -0.39 is 0 Å². The highest BCUT2D eigenvalue weighted by atomic mass is 32.1. The van der Waals surface area contributed by atoms with Gasteiger partial charge in [-0.1, -0.05) is 159 Å². The van der Waals surface area contributed by atoms with Crippen LogP contribution >= 0.6 is 45.3 Å². The third-order valence-corrected chi connectivity index (χ3v) is 21.0. The smallest absolute Gasteiger partial charge is 0.199 e. The topological polar surface area (TPSA) is 68.3 Å². The molecule has 2 aliphatic rings. The van der Waals surface area contributed by atoms with Crippen molar-refractivity contribution in [3.05, 3.63) is 200 Å². The van der Waals surface area contributed by atoms with Crippen LogP contribution in [0.3, 0.4) is 0 Å². The van der Waals surface area contributed by atoms with Crippen LogP contribution in [0.25, 0.3) is 33.4 Å². The Hall–Kier alpha value is -5.90. The molecule has 0 bridgehead atoms. The number of Topliss-reactive ketones (excluding diaryl/α,β-unsaturated/α-hetero) is 4. The summed E-state index contributed by atoms with van der Waals surface area (Å²) in [5, 5.41) is 0. The van der Waals surface area contributed by atoms with E-state index >= 15 is 0 Å². The standard InChI is InChI=1S/C72H76O4S4/c1-35(2)25-43-17-19-47-53(27-43)69(75)65(67(47)73)59-23-21-57(77-59)61-33-55(63-49(39(9)10)29-45(37(5)6)30-50(63)40(11)12)71(79-61)72-56(64-51(41(13)14)31-46(38(7)8)32-52(64)42(15)16)34-62(80-72)58-22-24-60(78-58)66-68(74)48-20-18-44(26-36(3)4)28-54(48)70(66)76/h17-24,27-42H,25-26H2,1-16H3/b61-57+,62-58+,65-59+,66-60+,72-71+. The first-order valence-electron chi connectivity index (χ1n) is 29.0. The maximum Gasteiger partial charge on any atom is 0.199 e. The Kier molecular flexibility index (Phi) is 16.1. The summed E-state index contributed by atoms with van der Waals surface area (Å²) in [5.41, 5.74) is 17.5. The lowest BCUT2D eigenvalue weighted by atomic mass is 9.81. The number of carbonyl (C=O) groups excluding carboxylic acids is 4. The van der Waals surface area contributed by atoms with E-state index in [2.05, 4.69) is 159 Å². The molecule has 4 nitrogen and oxygen atoms in total. The summed E-state index contributed by atoms with van der Waals surface area (Å²) >= 11 is 6.64. The van der Waals surface area contributed by atoms with Crippen molar-refractivity contribution in [1.82, 2.24) is 0 Å². The fourth-order valence-corrected chi connectivity index (χ4v) is 16.6.